The number of hydrogen-bond acceptors (Lipinski definition) is 1. The minimum absolute atomic E-state index is 0.160. The van der Waals surface area contributed by atoms with Gasteiger partial charge in [0.25, 0.3) is 0 Å². The SMILES string of the molecule is CCCCCCCCCCCCCCCCCCOc1ccc([I+]C2c3ccccc3-c3ccccc32)cc1. The summed E-state index contributed by atoms with van der Waals surface area (Å²) in [4.78, 5) is 0. The maximum absolute atomic E-state index is 6.07. The van der Waals surface area contributed by atoms with E-state index in [9.17, 15) is 0 Å². The molecule has 39 heavy (non-hydrogen) atoms. The molecule has 1 nitrogen and oxygen atoms in total. The third-order valence-corrected chi connectivity index (χ3v) is 11.5. The lowest BCUT2D eigenvalue weighted by molar-refractivity contribution is -0.659. The Kier molecular flexibility index (Phi) is 13.8. The number of benzene rings is 3. The molecular weight excluding hydrogens is 587 g/mol. The summed E-state index contributed by atoms with van der Waals surface area (Å²) < 4.78 is 8.11. The van der Waals surface area contributed by atoms with Gasteiger partial charge in [0, 0.05) is 11.1 Å². The maximum atomic E-state index is 6.07. The highest BCUT2D eigenvalue weighted by molar-refractivity contribution is 5.77. The van der Waals surface area contributed by atoms with Gasteiger partial charge in [-0.2, -0.15) is 0 Å². The second-order valence-electron chi connectivity index (χ2n) is 11.3. The Bertz CT molecular complexity index is 1030. The van der Waals surface area contributed by atoms with E-state index in [4.69, 9.17) is 4.74 Å². The number of alkyl halides is 1. The number of unbranched alkanes of at least 4 members (excludes halogenated alkanes) is 15. The average molecular weight is 638 g/mol. The smallest absolute Gasteiger partial charge is 0.327 e. The summed E-state index contributed by atoms with van der Waals surface area (Å²) in [6, 6.07) is 26.9. The van der Waals surface area contributed by atoms with Crippen molar-refractivity contribution in [3.05, 3.63) is 87.5 Å². The van der Waals surface area contributed by atoms with Crippen LogP contribution in [0, 0.1) is 3.57 Å². The molecule has 0 spiro atoms. The summed E-state index contributed by atoms with van der Waals surface area (Å²) in [7, 11) is 0. The molecule has 0 bridgehead atoms. The molecule has 0 saturated carbocycles. The van der Waals surface area contributed by atoms with Gasteiger partial charge in [0.05, 0.1) is 6.61 Å². The van der Waals surface area contributed by atoms with E-state index in [0.29, 0.717) is 3.92 Å². The van der Waals surface area contributed by atoms with Crippen molar-refractivity contribution in [3.63, 3.8) is 0 Å². The first kappa shape index (κ1) is 30.2. The number of hydrogen-bond donors (Lipinski definition) is 0. The van der Waals surface area contributed by atoms with Gasteiger partial charge in [-0.25, -0.2) is 0 Å². The van der Waals surface area contributed by atoms with Crippen molar-refractivity contribution in [3.8, 4) is 16.9 Å². The first-order valence-corrected chi connectivity index (χ1v) is 18.2. The van der Waals surface area contributed by atoms with Crippen LogP contribution >= 0.6 is 0 Å². The zero-order valence-electron chi connectivity index (χ0n) is 24.3. The van der Waals surface area contributed by atoms with Crippen LogP contribution in [0.3, 0.4) is 0 Å². The van der Waals surface area contributed by atoms with Crippen molar-refractivity contribution < 1.29 is 25.9 Å². The van der Waals surface area contributed by atoms with Gasteiger partial charge in [-0.1, -0.05) is 152 Å². The predicted octanol–water partition coefficient (Wildman–Crippen LogP) is 8.36. The van der Waals surface area contributed by atoms with E-state index in [1.165, 1.54) is 129 Å². The van der Waals surface area contributed by atoms with Gasteiger partial charge in [0.2, 0.25) is 3.92 Å². The summed E-state index contributed by atoms with van der Waals surface area (Å²) in [5.41, 5.74) is 5.87. The molecule has 0 aromatic heterocycles. The zero-order valence-corrected chi connectivity index (χ0v) is 26.5. The van der Waals surface area contributed by atoms with Crippen LogP contribution in [0.4, 0.5) is 0 Å². The molecule has 0 fully saturated rings. The van der Waals surface area contributed by atoms with Crippen molar-refractivity contribution in [1.29, 1.82) is 0 Å². The molecule has 1 aliphatic rings. The normalized spacial score (nSPS) is 12.4. The highest BCUT2D eigenvalue weighted by atomic mass is 127. The van der Waals surface area contributed by atoms with Crippen LogP contribution in [0.1, 0.15) is 125 Å². The van der Waals surface area contributed by atoms with E-state index in [0.717, 1.165) is 12.4 Å². The maximum Gasteiger partial charge on any atom is 0.327 e. The van der Waals surface area contributed by atoms with Crippen molar-refractivity contribution in [2.75, 3.05) is 6.61 Å². The van der Waals surface area contributed by atoms with E-state index in [1.54, 1.807) is 0 Å². The topological polar surface area (TPSA) is 9.23 Å². The summed E-state index contributed by atoms with van der Waals surface area (Å²) >= 11 is -0.160. The lowest BCUT2D eigenvalue weighted by Crippen LogP contribution is -3.62. The number of rotatable bonds is 20. The van der Waals surface area contributed by atoms with Crippen LogP contribution < -0.4 is 25.9 Å². The number of halogens is 1. The zero-order chi connectivity index (χ0) is 27.0. The molecule has 0 heterocycles. The van der Waals surface area contributed by atoms with Crippen LogP contribution in [0.25, 0.3) is 11.1 Å². The molecule has 3 aromatic carbocycles. The van der Waals surface area contributed by atoms with Crippen LogP contribution in [0.15, 0.2) is 72.8 Å². The fourth-order valence-corrected chi connectivity index (χ4v) is 9.03. The van der Waals surface area contributed by atoms with Crippen LogP contribution in [-0.4, -0.2) is 6.61 Å². The van der Waals surface area contributed by atoms with Crippen molar-refractivity contribution in [2.45, 2.75) is 114 Å². The van der Waals surface area contributed by atoms with E-state index >= 15 is 0 Å². The van der Waals surface area contributed by atoms with Crippen molar-refractivity contribution in [1.82, 2.24) is 0 Å². The van der Waals surface area contributed by atoms with E-state index in [1.807, 2.05) is 0 Å². The molecule has 3 aromatic rings. The van der Waals surface area contributed by atoms with Gasteiger partial charge >= 0.3 is 21.2 Å². The molecule has 0 N–H and O–H groups in total. The molecule has 0 amide bonds. The fourth-order valence-electron chi connectivity index (χ4n) is 5.78. The molecule has 0 unspecified atom stereocenters. The quantitative estimate of drug-likeness (QED) is 0.0688. The Morgan fingerprint density at radius 2 is 0.949 bits per heavy atom. The molecule has 2 heteroatoms. The van der Waals surface area contributed by atoms with Gasteiger partial charge in [0.15, 0.2) is 3.57 Å². The minimum atomic E-state index is -0.160. The Labute approximate surface area is 249 Å². The molecule has 210 valence electrons. The third-order valence-electron chi connectivity index (χ3n) is 8.07. The standard InChI is InChI=1S/C37H50IO/c1-2-3-4-5-6-7-8-9-10-11-12-13-14-15-16-21-30-39-32-28-26-31(27-29-32)38-37-35-24-19-17-22-33(35)34-23-18-20-25-36(34)37/h17-20,22-29,37H,2-16,21,30H2,1H3/q+1. The molecule has 0 aliphatic heterocycles. The van der Waals surface area contributed by atoms with Gasteiger partial charge in [-0.3, -0.25) is 0 Å². The Hall–Kier alpha value is -1.81. The lowest BCUT2D eigenvalue weighted by Gasteiger charge is -2.06. The Balaban J connectivity index is 1.02. The van der Waals surface area contributed by atoms with Crippen LogP contribution in [-0.2, 0) is 0 Å². The molecule has 1 aliphatic carbocycles. The predicted molar refractivity (Wildman–Crippen MR) is 164 cm³/mol. The van der Waals surface area contributed by atoms with Gasteiger partial charge in [-0.05, 0) is 41.8 Å². The van der Waals surface area contributed by atoms with Crippen LogP contribution in [0.5, 0.6) is 5.75 Å². The summed E-state index contributed by atoms with van der Waals surface area (Å²) in [6.07, 6.45) is 22.5. The lowest BCUT2D eigenvalue weighted by atomic mass is 10.0. The highest BCUT2D eigenvalue weighted by Gasteiger charge is 2.38. The van der Waals surface area contributed by atoms with Crippen molar-refractivity contribution >= 4 is 0 Å². The van der Waals surface area contributed by atoms with Gasteiger partial charge in [-0.15, -0.1) is 0 Å². The highest BCUT2D eigenvalue weighted by Crippen LogP contribution is 2.40. The van der Waals surface area contributed by atoms with E-state index < -0.39 is 0 Å². The molecule has 0 saturated heterocycles. The van der Waals surface area contributed by atoms with Crippen molar-refractivity contribution in [2.24, 2.45) is 0 Å². The summed E-state index contributed by atoms with van der Waals surface area (Å²) in [5, 5.41) is 0. The number of ether oxygens (including phenoxy) is 1. The van der Waals surface area contributed by atoms with E-state index in [-0.39, 0.29) is 21.2 Å². The van der Waals surface area contributed by atoms with Gasteiger partial charge in [0.1, 0.15) is 5.75 Å². The molecule has 0 atom stereocenters. The molecule has 0 radical (unpaired) electrons. The molecular formula is C37H50IO+. The fraction of sp³-hybridized carbons (Fsp3) is 0.514. The second kappa shape index (κ2) is 17.8. The summed E-state index contributed by atoms with van der Waals surface area (Å²) in [5.74, 6) is 1.02. The summed E-state index contributed by atoms with van der Waals surface area (Å²) in [6.45, 7) is 3.14. The van der Waals surface area contributed by atoms with Crippen LogP contribution in [0.2, 0.25) is 0 Å². The average Bonchev–Trinajstić information content (AvgIpc) is 3.29. The second-order valence-corrected chi connectivity index (χ2v) is 14.4. The third kappa shape index (κ3) is 9.95. The first-order valence-electron chi connectivity index (χ1n) is 15.9. The Morgan fingerprint density at radius 1 is 0.513 bits per heavy atom. The monoisotopic (exact) mass is 637 g/mol. The van der Waals surface area contributed by atoms with E-state index in [2.05, 4.69) is 79.7 Å². The molecule has 4 rings (SSSR count). The number of fused-ring (bicyclic) bond motifs is 3. The van der Waals surface area contributed by atoms with Gasteiger partial charge < -0.3 is 4.74 Å². The Morgan fingerprint density at radius 3 is 1.44 bits per heavy atom. The first-order chi connectivity index (χ1) is 19.4. The minimum Gasteiger partial charge on any atom is -0.494 e. The largest absolute Gasteiger partial charge is 0.494 e.